The minimum Gasteiger partial charge on any atom is -0.322 e. The summed E-state index contributed by atoms with van der Waals surface area (Å²) in [6.45, 7) is 3.25. The Morgan fingerprint density at radius 3 is 2.56 bits per heavy atom. The van der Waals surface area contributed by atoms with Crippen LogP contribution in [-0.2, 0) is 0 Å². The van der Waals surface area contributed by atoms with Crippen molar-refractivity contribution < 1.29 is 4.79 Å². The van der Waals surface area contributed by atoms with E-state index >= 15 is 0 Å². The lowest BCUT2D eigenvalue weighted by Crippen LogP contribution is -2.20. The van der Waals surface area contributed by atoms with Crippen LogP contribution < -0.4 is 10.6 Å². The van der Waals surface area contributed by atoms with Crippen molar-refractivity contribution in [1.29, 1.82) is 0 Å². The molecule has 2 aromatic carbocycles. The Morgan fingerprint density at radius 2 is 1.88 bits per heavy atom. The lowest BCUT2D eigenvalue weighted by molar-refractivity contribution is 0.102. The fourth-order valence-electron chi connectivity index (χ4n) is 3.27. The number of carbonyl (C=O) groups is 1. The standard InChI is InChI=1S/C21H24N2O.ClH/c1-14-11-17(18-12-20(18)22-13-15-7-8-15)9-10-19(14)23-21(24)16-5-3-2-4-6-16;/h2-6,9-11,15,18,20,22H,7-8,12-13H2,1H3,(H,23,24);1H. The van der Waals surface area contributed by atoms with Crippen LogP contribution in [0.1, 0.15) is 46.7 Å². The number of hydrogen-bond acceptors (Lipinski definition) is 2. The van der Waals surface area contributed by atoms with Gasteiger partial charge in [0.2, 0.25) is 0 Å². The zero-order valence-corrected chi connectivity index (χ0v) is 15.3. The Kier molecular flexibility index (Phi) is 5.45. The second-order valence-electron chi connectivity index (χ2n) is 7.19. The third-order valence-corrected chi connectivity index (χ3v) is 5.12. The van der Waals surface area contributed by atoms with E-state index in [2.05, 4.69) is 29.7 Å². The van der Waals surface area contributed by atoms with Gasteiger partial charge in [0.05, 0.1) is 0 Å². The molecule has 0 bridgehead atoms. The molecule has 0 radical (unpaired) electrons. The van der Waals surface area contributed by atoms with Crippen molar-refractivity contribution in [3.63, 3.8) is 0 Å². The van der Waals surface area contributed by atoms with Crippen LogP contribution >= 0.6 is 12.4 Å². The molecule has 2 unspecified atom stereocenters. The van der Waals surface area contributed by atoms with Crippen LogP contribution in [-0.4, -0.2) is 18.5 Å². The molecule has 4 rings (SSSR count). The monoisotopic (exact) mass is 356 g/mol. The molecule has 0 aliphatic heterocycles. The van der Waals surface area contributed by atoms with E-state index in [4.69, 9.17) is 0 Å². The summed E-state index contributed by atoms with van der Waals surface area (Å²) in [5, 5.41) is 6.70. The molecule has 25 heavy (non-hydrogen) atoms. The minimum absolute atomic E-state index is 0. The molecule has 2 aliphatic rings. The van der Waals surface area contributed by atoms with Gasteiger partial charge in [-0.3, -0.25) is 4.79 Å². The SMILES string of the molecule is Cc1cc(C2CC2NCC2CC2)ccc1NC(=O)c1ccccc1.Cl. The fraction of sp³-hybridized carbons (Fsp3) is 0.381. The maximum Gasteiger partial charge on any atom is 0.255 e. The Labute approximate surface area is 155 Å². The number of hydrogen-bond donors (Lipinski definition) is 2. The van der Waals surface area contributed by atoms with Crippen LogP contribution in [0.15, 0.2) is 48.5 Å². The molecule has 2 aromatic rings. The van der Waals surface area contributed by atoms with Crippen molar-refractivity contribution in [3.8, 4) is 0 Å². The first-order valence-electron chi connectivity index (χ1n) is 8.91. The molecule has 0 spiro atoms. The van der Waals surface area contributed by atoms with Crippen molar-refractivity contribution in [2.45, 2.75) is 38.1 Å². The van der Waals surface area contributed by atoms with E-state index in [0.29, 0.717) is 17.5 Å². The molecular formula is C21H25ClN2O. The zero-order chi connectivity index (χ0) is 16.5. The second kappa shape index (κ2) is 7.59. The van der Waals surface area contributed by atoms with E-state index in [1.54, 1.807) is 0 Å². The molecule has 2 saturated carbocycles. The summed E-state index contributed by atoms with van der Waals surface area (Å²) in [5.74, 6) is 1.52. The third-order valence-electron chi connectivity index (χ3n) is 5.12. The van der Waals surface area contributed by atoms with Crippen molar-refractivity contribution in [2.24, 2.45) is 5.92 Å². The van der Waals surface area contributed by atoms with Crippen LogP contribution in [0.3, 0.4) is 0 Å². The van der Waals surface area contributed by atoms with Gasteiger partial charge in [0.25, 0.3) is 5.91 Å². The quantitative estimate of drug-likeness (QED) is 0.798. The summed E-state index contributed by atoms with van der Waals surface area (Å²) in [5.41, 5.74) is 4.10. The first-order chi connectivity index (χ1) is 11.7. The summed E-state index contributed by atoms with van der Waals surface area (Å²) in [7, 11) is 0. The molecule has 2 aliphatic carbocycles. The summed E-state index contributed by atoms with van der Waals surface area (Å²) in [6.07, 6.45) is 4.04. The van der Waals surface area contributed by atoms with Gasteiger partial charge in [-0.1, -0.05) is 30.3 Å². The molecule has 3 nitrogen and oxygen atoms in total. The lowest BCUT2D eigenvalue weighted by Gasteiger charge is -2.11. The predicted molar refractivity (Wildman–Crippen MR) is 105 cm³/mol. The van der Waals surface area contributed by atoms with Gasteiger partial charge in [-0.25, -0.2) is 0 Å². The van der Waals surface area contributed by atoms with Crippen LogP contribution in [0.25, 0.3) is 0 Å². The van der Waals surface area contributed by atoms with Gasteiger partial charge in [-0.05, 0) is 68.0 Å². The Morgan fingerprint density at radius 1 is 1.12 bits per heavy atom. The van der Waals surface area contributed by atoms with Crippen LogP contribution in [0.4, 0.5) is 5.69 Å². The highest BCUT2D eigenvalue weighted by atomic mass is 35.5. The van der Waals surface area contributed by atoms with E-state index in [-0.39, 0.29) is 18.3 Å². The van der Waals surface area contributed by atoms with Crippen molar-refractivity contribution in [1.82, 2.24) is 5.32 Å². The molecule has 4 heteroatoms. The van der Waals surface area contributed by atoms with Crippen molar-refractivity contribution >= 4 is 24.0 Å². The number of nitrogens with one attached hydrogen (secondary N) is 2. The molecule has 1 amide bonds. The van der Waals surface area contributed by atoms with E-state index < -0.39 is 0 Å². The largest absolute Gasteiger partial charge is 0.322 e. The van der Waals surface area contributed by atoms with Gasteiger partial charge >= 0.3 is 0 Å². The highest BCUT2D eigenvalue weighted by Crippen LogP contribution is 2.42. The Bertz CT molecular complexity index is 743. The van der Waals surface area contributed by atoms with Crippen LogP contribution in [0, 0.1) is 12.8 Å². The van der Waals surface area contributed by atoms with Crippen LogP contribution in [0.5, 0.6) is 0 Å². The van der Waals surface area contributed by atoms with E-state index in [9.17, 15) is 4.79 Å². The maximum atomic E-state index is 12.3. The van der Waals surface area contributed by atoms with Crippen molar-refractivity contribution in [3.05, 3.63) is 65.2 Å². The summed E-state index contributed by atoms with van der Waals surface area (Å²) in [6, 6.07) is 16.4. The minimum atomic E-state index is -0.0538. The smallest absolute Gasteiger partial charge is 0.255 e. The number of anilines is 1. The van der Waals surface area contributed by atoms with Crippen molar-refractivity contribution in [2.75, 3.05) is 11.9 Å². The molecule has 2 atom stereocenters. The summed E-state index contributed by atoms with van der Waals surface area (Å²) < 4.78 is 0. The van der Waals surface area contributed by atoms with E-state index in [1.807, 2.05) is 36.4 Å². The molecule has 0 saturated heterocycles. The molecule has 2 N–H and O–H groups in total. The molecular weight excluding hydrogens is 332 g/mol. The average Bonchev–Trinajstić information content (AvgIpc) is 3.50. The number of benzene rings is 2. The predicted octanol–water partition coefficient (Wildman–Crippen LogP) is 4.52. The first kappa shape index (κ1) is 18.0. The number of carbonyl (C=O) groups excluding carboxylic acids is 1. The summed E-state index contributed by atoms with van der Waals surface area (Å²) >= 11 is 0. The first-order valence-corrected chi connectivity index (χ1v) is 8.91. The topological polar surface area (TPSA) is 41.1 Å². The average molecular weight is 357 g/mol. The Balaban J connectivity index is 0.00000182. The number of amides is 1. The van der Waals surface area contributed by atoms with E-state index in [0.717, 1.165) is 17.2 Å². The van der Waals surface area contributed by atoms with Gasteiger partial charge in [0, 0.05) is 23.2 Å². The highest BCUT2D eigenvalue weighted by Gasteiger charge is 2.39. The normalized spacial score (nSPS) is 21.3. The summed E-state index contributed by atoms with van der Waals surface area (Å²) in [4.78, 5) is 12.3. The van der Waals surface area contributed by atoms with Crippen LogP contribution in [0.2, 0.25) is 0 Å². The number of rotatable bonds is 6. The second-order valence-corrected chi connectivity index (χ2v) is 7.19. The fourth-order valence-corrected chi connectivity index (χ4v) is 3.27. The molecule has 0 heterocycles. The molecule has 2 fully saturated rings. The Hall–Kier alpha value is -1.84. The lowest BCUT2D eigenvalue weighted by atomic mass is 10.1. The van der Waals surface area contributed by atoms with Gasteiger partial charge < -0.3 is 10.6 Å². The maximum absolute atomic E-state index is 12.3. The molecule has 132 valence electrons. The van der Waals surface area contributed by atoms with Gasteiger partial charge in [0.1, 0.15) is 0 Å². The highest BCUT2D eigenvalue weighted by molar-refractivity contribution is 6.04. The number of halogens is 1. The number of aryl methyl sites for hydroxylation is 1. The van der Waals surface area contributed by atoms with Gasteiger partial charge in [-0.2, -0.15) is 0 Å². The third kappa shape index (κ3) is 4.42. The molecule has 0 aromatic heterocycles. The zero-order valence-electron chi connectivity index (χ0n) is 14.5. The van der Waals surface area contributed by atoms with Gasteiger partial charge in [0.15, 0.2) is 0 Å². The van der Waals surface area contributed by atoms with Gasteiger partial charge in [-0.15, -0.1) is 12.4 Å². The van der Waals surface area contributed by atoms with E-state index in [1.165, 1.54) is 31.4 Å².